The number of halogens is 4. The van der Waals surface area contributed by atoms with Crippen LogP contribution in [0.25, 0.3) is 0 Å². The summed E-state index contributed by atoms with van der Waals surface area (Å²) in [6.45, 7) is 0.705. The fourth-order valence-electron chi connectivity index (χ4n) is 3.61. The van der Waals surface area contributed by atoms with Crippen LogP contribution in [0.4, 0.5) is 5.69 Å². The molecular formula is C19H18Br3ClN2O5. The van der Waals surface area contributed by atoms with Crippen molar-refractivity contribution in [2.24, 2.45) is 11.8 Å². The second kappa shape index (κ2) is 9.67. The molecule has 1 saturated heterocycles. The van der Waals surface area contributed by atoms with E-state index in [4.69, 9.17) is 16.3 Å². The maximum atomic E-state index is 12.6. The van der Waals surface area contributed by atoms with E-state index >= 15 is 0 Å². The van der Waals surface area contributed by atoms with E-state index in [1.54, 1.807) is 19.1 Å². The Balaban J connectivity index is 1.53. The first-order valence-electron chi connectivity index (χ1n) is 9.13. The van der Waals surface area contributed by atoms with Gasteiger partial charge in [-0.25, -0.2) is 0 Å². The number of carbonyl (C=O) groups excluding carboxylic acids is 4. The molecule has 1 N–H and O–H groups in total. The highest BCUT2D eigenvalue weighted by molar-refractivity contribution is 9.12. The van der Waals surface area contributed by atoms with Crippen molar-refractivity contribution in [3.63, 3.8) is 0 Å². The number of carbonyl (C=O) groups is 4. The number of esters is 1. The lowest BCUT2D eigenvalue weighted by molar-refractivity contribution is -0.154. The zero-order valence-corrected chi connectivity index (χ0v) is 21.3. The number of alkyl halides is 2. The summed E-state index contributed by atoms with van der Waals surface area (Å²) in [5.41, 5.74) is 1.16. The molecule has 0 unspecified atom stereocenters. The predicted octanol–water partition coefficient (Wildman–Crippen LogP) is 3.81. The highest BCUT2D eigenvalue weighted by Crippen LogP contribution is 2.43. The van der Waals surface area contributed by atoms with E-state index in [-0.39, 0.29) is 21.5 Å². The maximum absolute atomic E-state index is 12.6. The molecule has 1 aromatic rings. The summed E-state index contributed by atoms with van der Waals surface area (Å²) in [7, 11) is 0. The quantitative estimate of drug-likeness (QED) is 0.304. The van der Waals surface area contributed by atoms with Gasteiger partial charge in [-0.2, -0.15) is 0 Å². The molecule has 1 aromatic carbocycles. The molecule has 0 radical (unpaired) electrons. The average Bonchev–Trinajstić information content (AvgIpc) is 2.92. The Labute approximate surface area is 203 Å². The summed E-state index contributed by atoms with van der Waals surface area (Å²) in [6.07, 6.45) is 1.04. The summed E-state index contributed by atoms with van der Waals surface area (Å²) >= 11 is 16.5. The number of hydrogen-bond donors (Lipinski definition) is 1. The van der Waals surface area contributed by atoms with Gasteiger partial charge in [0.25, 0.3) is 5.91 Å². The minimum absolute atomic E-state index is 0.0849. The SMILES string of the molecule is Cc1c(NC(=O)COC(=O)CN2C(=O)[C@@H]3C[C@@H](Br)[C@@H](Br)C[C@H]3C2=O)ccc(Br)c1Cl. The molecule has 3 amide bonds. The second-order valence-electron chi connectivity index (χ2n) is 7.22. The topological polar surface area (TPSA) is 92.8 Å². The van der Waals surface area contributed by atoms with Gasteiger partial charge >= 0.3 is 5.97 Å². The molecular weight excluding hydrogens is 611 g/mol. The molecule has 11 heteroatoms. The van der Waals surface area contributed by atoms with Gasteiger partial charge in [-0.05, 0) is 53.4 Å². The minimum atomic E-state index is -0.818. The van der Waals surface area contributed by atoms with Crippen LogP contribution in [0.15, 0.2) is 16.6 Å². The third kappa shape index (κ3) is 4.92. The Bertz CT molecular complexity index is 884. The smallest absolute Gasteiger partial charge is 0.326 e. The number of nitrogens with one attached hydrogen (secondary N) is 1. The Hall–Kier alpha value is -0.970. The van der Waals surface area contributed by atoms with Gasteiger partial charge in [0.15, 0.2) is 6.61 Å². The Morgan fingerprint density at radius 1 is 1.17 bits per heavy atom. The second-order valence-corrected chi connectivity index (χ2v) is 10.8. The van der Waals surface area contributed by atoms with Gasteiger partial charge in [-0.1, -0.05) is 43.5 Å². The summed E-state index contributed by atoms with van der Waals surface area (Å²) in [5.74, 6) is -2.97. The fourth-order valence-corrected chi connectivity index (χ4v) is 5.45. The molecule has 2 aliphatic rings. The van der Waals surface area contributed by atoms with Crippen LogP contribution in [0, 0.1) is 18.8 Å². The van der Waals surface area contributed by atoms with E-state index in [0.29, 0.717) is 33.6 Å². The van der Waals surface area contributed by atoms with Crippen LogP contribution in [-0.4, -0.2) is 51.4 Å². The number of amides is 3. The molecule has 1 aliphatic heterocycles. The molecule has 2 fully saturated rings. The van der Waals surface area contributed by atoms with E-state index in [1.807, 2.05) is 0 Å². The first kappa shape index (κ1) is 23.7. The van der Waals surface area contributed by atoms with Gasteiger partial charge in [-0.3, -0.25) is 24.1 Å². The molecule has 0 bridgehead atoms. The summed E-state index contributed by atoms with van der Waals surface area (Å²) < 4.78 is 5.66. The molecule has 1 heterocycles. The van der Waals surface area contributed by atoms with Crippen molar-refractivity contribution in [3.05, 3.63) is 27.2 Å². The van der Waals surface area contributed by atoms with Crippen molar-refractivity contribution in [2.45, 2.75) is 29.4 Å². The van der Waals surface area contributed by atoms with E-state index < -0.39 is 36.9 Å². The van der Waals surface area contributed by atoms with Crippen LogP contribution >= 0.6 is 59.4 Å². The van der Waals surface area contributed by atoms with Crippen molar-refractivity contribution in [3.8, 4) is 0 Å². The van der Waals surface area contributed by atoms with Crippen LogP contribution in [0.5, 0.6) is 0 Å². The summed E-state index contributed by atoms with van der Waals surface area (Å²) in [4.78, 5) is 50.5. The number of ether oxygens (including phenoxy) is 1. The van der Waals surface area contributed by atoms with Crippen LogP contribution < -0.4 is 5.32 Å². The molecule has 3 rings (SSSR count). The number of fused-ring (bicyclic) bond motifs is 1. The highest BCUT2D eigenvalue weighted by atomic mass is 79.9. The number of hydrogen-bond acceptors (Lipinski definition) is 5. The zero-order chi connectivity index (χ0) is 22.2. The summed E-state index contributed by atoms with van der Waals surface area (Å²) in [5, 5.41) is 3.08. The first-order chi connectivity index (χ1) is 14.1. The molecule has 4 atom stereocenters. The van der Waals surface area contributed by atoms with Gasteiger partial charge < -0.3 is 10.1 Å². The number of benzene rings is 1. The molecule has 1 saturated carbocycles. The lowest BCUT2D eigenvalue weighted by Gasteiger charge is -2.29. The lowest BCUT2D eigenvalue weighted by atomic mass is 9.81. The van der Waals surface area contributed by atoms with E-state index in [2.05, 4.69) is 53.1 Å². The van der Waals surface area contributed by atoms with E-state index in [1.165, 1.54) is 0 Å². The van der Waals surface area contributed by atoms with Crippen LogP contribution in [0.3, 0.4) is 0 Å². The maximum Gasteiger partial charge on any atom is 0.326 e. The Kier molecular flexibility index (Phi) is 7.63. The molecule has 30 heavy (non-hydrogen) atoms. The molecule has 1 aliphatic carbocycles. The number of nitrogens with zero attached hydrogens (tertiary/aromatic N) is 1. The van der Waals surface area contributed by atoms with Gasteiger partial charge in [0.1, 0.15) is 6.54 Å². The van der Waals surface area contributed by atoms with Gasteiger partial charge in [-0.15, -0.1) is 0 Å². The third-order valence-electron chi connectivity index (χ3n) is 5.27. The monoisotopic (exact) mass is 626 g/mol. The Morgan fingerprint density at radius 3 is 2.30 bits per heavy atom. The van der Waals surface area contributed by atoms with Crippen molar-refractivity contribution >= 4 is 88.8 Å². The third-order valence-corrected chi connectivity index (χ3v) is 9.38. The molecule has 7 nitrogen and oxygen atoms in total. The van der Waals surface area contributed by atoms with Crippen molar-refractivity contribution in [1.82, 2.24) is 4.90 Å². The van der Waals surface area contributed by atoms with E-state index in [0.717, 1.165) is 4.90 Å². The standard InChI is InChI=1S/C19H18Br3ClN2O5/c1-8-14(3-2-11(20)17(8)23)24-15(26)7-30-16(27)6-25-18(28)9-4-12(21)13(22)5-10(9)19(25)29/h2-3,9-10,12-13H,4-7H2,1H3,(H,24,26)/t9-,10-,12-,13+/m1/s1. The first-order valence-corrected chi connectivity index (χ1v) is 12.1. The number of anilines is 1. The predicted molar refractivity (Wildman–Crippen MR) is 122 cm³/mol. The van der Waals surface area contributed by atoms with Gasteiger partial charge in [0.2, 0.25) is 11.8 Å². The van der Waals surface area contributed by atoms with Crippen LogP contribution in [0.1, 0.15) is 18.4 Å². The normalized spacial score (nSPS) is 25.8. The largest absolute Gasteiger partial charge is 0.454 e. The van der Waals surface area contributed by atoms with Gasteiger partial charge in [0, 0.05) is 19.8 Å². The average molecular weight is 630 g/mol. The number of rotatable bonds is 5. The highest BCUT2D eigenvalue weighted by Gasteiger charge is 2.52. The molecule has 0 spiro atoms. The van der Waals surface area contributed by atoms with Crippen LogP contribution in [-0.2, 0) is 23.9 Å². The zero-order valence-electron chi connectivity index (χ0n) is 15.8. The molecule has 0 aromatic heterocycles. The minimum Gasteiger partial charge on any atom is -0.454 e. The molecule has 162 valence electrons. The van der Waals surface area contributed by atoms with Crippen molar-refractivity contribution < 1.29 is 23.9 Å². The van der Waals surface area contributed by atoms with Crippen molar-refractivity contribution in [2.75, 3.05) is 18.5 Å². The van der Waals surface area contributed by atoms with Crippen LogP contribution in [0.2, 0.25) is 5.02 Å². The summed E-state index contributed by atoms with van der Waals surface area (Å²) in [6, 6.07) is 3.36. The van der Waals surface area contributed by atoms with Crippen molar-refractivity contribution in [1.29, 1.82) is 0 Å². The lowest BCUT2D eigenvalue weighted by Crippen LogP contribution is -2.37. The fraction of sp³-hybridized carbons (Fsp3) is 0.474. The Morgan fingerprint density at radius 2 is 1.73 bits per heavy atom. The number of likely N-dealkylation sites (tertiary alicyclic amines) is 1. The van der Waals surface area contributed by atoms with Gasteiger partial charge in [0.05, 0.1) is 16.9 Å². The number of imide groups is 1. The van der Waals surface area contributed by atoms with E-state index in [9.17, 15) is 19.2 Å².